The highest BCUT2D eigenvalue weighted by atomic mass is 16.5. The van der Waals surface area contributed by atoms with Crippen molar-refractivity contribution in [3.05, 3.63) is 65.5 Å². The Bertz CT molecular complexity index is 804. The maximum absolute atomic E-state index is 12.7. The third-order valence-electron chi connectivity index (χ3n) is 5.35. The van der Waals surface area contributed by atoms with E-state index in [0.717, 1.165) is 43.4 Å². The number of rotatable bonds is 8. The number of carbonyl (C=O) groups excluding carboxylic acids is 2. The number of piperidine rings is 1. The zero-order valence-electron chi connectivity index (χ0n) is 16.9. The van der Waals surface area contributed by atoms with Crippen LogP contribution in [0.15, 0.2) is 48.8 Å². The van der Waals surface area contributed by atoms with E-state index in [-0.39, 0.29) is 24.2 Å². The van der Waals surface area contributed by atoms with Crippen molar-refractivity contribution in [2.24, 2.45) is 5.92 Å². The van der Waals surface area contributed by atoms with Crippen LogP contribution in [0, 0.1) is 5.92 Å². The lowest BCUT2D eigenvalue weighted by Crippen LogP contribution is -2.42. The third-order valence-corrected chi connectivity index (χ3v) is 5.35. The van der Waals surface area contributed by atoms with E-state index in [1.807, 2.05) is 30.5 Å². The molecule has 0 saturated carbocycles. The molecule has 29 heavy (non-hydrogen) atoms. The Kier molecular flexibility index (Phi) is 7.76. The Balaban J connectivity index is 1.70. The topological polar surface area (TPSA) is 80.3 Å². The normalized spacial score (nSPS) is 17.3. The lowest BCUT2D eigenvalue weighted by Gasteiger charge is -2.25. The summed E-state index contributed by atoms with van der Waals surface area (Å²) < 4.78 is 4.84. The van der Waals surface area contributed by atoms with Crippen molar-refractivity contribution in [2.75, 3.05) is 20.2 Å². The number of methoxy groups -OCH3 is 1. The lowest BCUT2D eigenvalue weighted by molar-refractivity contribution is -0.141. The van der Waals surface area contributed by atoms with Crippen molar-refractivity contribution in [3.63, 3.8) is 0 Å². The number of carbonyl (C=O) groups is 2. The van der Waals surface area contributed by atoms with Gasteiger partial charge in [-0.3, -0.25) is 14.6 Å². The number of benzene rings is 1. The molecule has 1 aromatic heterocycles. The summed E-state index contributed by atoms with van der Waals surface area (Å²) in [5.41, 5.74) is 3.18. The van der Waals surface area contributed by atoms with E-state index >= 15 is 0 Å². The van der Waals surface area contributed by atoms with Gasteiger partial charge in [0, 0.05) is 18.9 Å². The molecule has 6 nitrogen and oxygen atoms in total. The molecule has 1 aliphatic rings. The first-order chi connectivity index (χ1) is 14.2. The third kappa shape index (κ3) is 6.39. The second kappa shape index (κ2) is 10.7. The van der Waals surface area contributed by atoms with E-state index in [4.69, 9.17) is 4.74 Å². The molecule has 2 aromatic rings. The van der Waals surface area contributed by atoms with Gasteiger partial charge in [-0.15, -0.1) is 0 Å². The summed E-state index contributed by atoms with van der Waals surface area (Å²) in [7, 11) is 1.36. The molecular formula is C23H29N3O3. The maximum Gasteiger partial charge on any atom is 0.307 e. The van der Waals surface area contributed by atoms with Crippen molar-refractivity contribution in [3.8, 4) is 0 Å². The van der Waals surface area contributed by atoms with Gasteiger partial charge in [0.15, 0.2) is 0 Å². The van der Waals surface area contributed by atoms with Crippen LogP contribution >= 0.6 is 0 Å². The van der Waals surface area contributed by atoms with Crippen LogP contribution in [0.3, 0.4) is 0 Å². The van der Waals surface area contributed by atoms with E-state index < -0.39 is 6.04 Å². The summed E-state index contributed by atoms with van der Waals surface area (Å²) in [5, 5.41) is 6.31. The molecule has 2 heterocycles. The second-order valence-electron chi connectivity index (χ2n) is 7.50. The Morgan fingerprint density at radius 1 is 1.21 bits per heavy atom. The number of nitrogens with zero attached hydrogens (tertiary/aromatic N) is 1. The van der Waals surface area contributed by atoms with Crippen LogP contribution in [0.5, 0.6) is 0 Å². The molecule has 0 aliphatic carbocycles. The molecule has 1 aromatic carbocycles. The van der Waals surface area contributed by atoms with Crippen LogP contribution in [0.25, 0.3) is 0 Å². The summed E-state index contributed by atoms with van der Waals surface area (Å²) in [4.78, 5) is 29.0. The Hall–Kier alpha value is -2.73. The number of pyridine rings is 1. The van der Waals surface area contributed by atoms with Crippen molar-refractivity contribution in [1.29, 1.82) is 0 Å². The molecule has 3 rings (SSSR count). The SMILES string of the molecule is COC(=O)C[C@H](NC(=O)[C@@H]1CCCNC1)c1cncc(CCc2ccccc2)c1. The van der Waals surface area contributed by atoms with Gasteiger partial charge in [0.05, 0.1) is 25.5 Å². The van der Waals surface area contributed by atoms with Gasteiger partial charge < -0.3 is 15.4 Å². The zero-order chi connectivity index (χ0) is 20.5. The number of hydrogen-bond acceptors (Lipinski definition) is 5. The molecule has 0 radical (unpaired) electrons. The van der Waals surface area contributed by atoms with Crippen molar-refractivity contribution < 1.29 is 14.3 Å². The number of amides is 1. The Morgan fingerprint density at radius 3 is 2.72 bits per heavy atom. The largest absolute Gasteiger partial charge is 0.469 e. The Labute approximate surface area is 172 Å². The smallest absolute Gasteiger partial charge is 0.307 e. The summed E-state index contributed by atoms with van der Waals surface area (Å²) in [6, 6.07) is 11.9. The molecular weight excluding hydrogens is 366 g/mol. The quantitative estimate of drug-likeness (QED) is 0.672. The van der Waals surface area contributed by atoms with Crippen LogP contribution in [0.4, 0.5) is 0 Å². The summed E-state index contributed by atoms with van der Waals surface area (Å²) in [6.07, 6.45) is 7.25. The fourth-order valence-electron chi connectivity index (χ4n) is 3.64. The number of aromatic nitrogens is 1. The molecule has 1 saturated heterocycles. The molecule has 1 aliphatic heterocycles. The highest BCUT2D eigenvalue weighted by Gasteiger charge is 2.25. The predicted octanol–water partition coefficient (Wildman–Crippen LogP) is 2.59. The Morgan fingerprint density at radius 2 is 2.00 bits per heavy atom. The van der Waals surface area contributed by atoms with Crippen molar-refractivity contribution in [2.45, 2.75) is 38.1 Å². The molecule has 0 bridgehead atoms. The van der Waals surface area contributed by atoms with E-state index in [9.17, 15) is 9.59 Å². The predicted molar refractivity (Wildman–Crippen MR) is 111 cm³/mol. The van der Waals surface area contributed by atoms with Crippen LogP contribution in [0.2, 0.25) is 0 Å². The fourth-order valence-corrected chi connectivity index (χ4v) is 3.64. The van der Waals surface area contributed by atoms with Gasteiger partial charge in [-0.2, -0.15) is 0 Å². The van der Waals surface area contributed by atoms with Crippen LogP contribution in [-0.4, -0.2) is 37.1 Å². The standard InChI is InChI=1S/C23H29N3O3/c1-29-22(27)13-21(26-23(28)19-8-5-11-24-15-19)20-12-18(14-25-16-20)10-9-17-6-3-2-4-7-17/h2-4,6-7,12,14,16,19,21,24H,5,8-11,13,15H2,1H3,(H,26,28)/t19-,21+/m1/s1. The second-order valence-corrected chi connectivity index (χ2v) is 7.50. The first kappa shape index (κ1) is 21.0. The summed E-state index contributed by atoms with van der Waals surface area (Å²) in [5.74, 6) is -0.453. The summed E-state index contributed by atoms with van der Waals surface area (Å²) >= 11 is 0. The minimum absolute atomic E-state index is 0.0270. The molecule has 0 spiro atoms. The van der Waals surface area contributed by atoms with Gasteiger partial charge in [-0.05, 0) is 48.9 Å². The zero-order valence-corrected chi connectivity index (χ0v) is 16.9. The number of ether oxygens (including phenoxy) is 1. The monoisotopic (exact) mass is 395 g/mol. The first-order valence-corrected chi connectivity index (χ1v) is 10.2. The first-order valence-electron chi connectivity index (χ1n) is 10.2. The molecule has 1 fully saturated rings. The van der Waals surface area contributed by atoms with E-state index in [1.165, 1.54) is 12.7 Å². The number of esters is 1. The van der Waals surface area contributed by atoms with E-state index in [0.29, 0.717) is 6.54 Å². The molecule has 1 amide bonds. The van der Waals surface area contributed by atoms with E-state index in [1.54, 1.807) is 6.20 Å². The molecule has 2 N–H and O–H groups in total. The average molecular weight is 396 g/mol. The van der Waals surface area contributed by atoms with Crippen LogP contribution in [0.1, 0.15) is 42.0 Å². The average Bonchev–Trinajstić information content (AvgIpc) is 2.78. The van der Waals surface area contributed by atoms with Gasteiger partial charge in [-0.1, -0.05) is 36.4 Å². The maximum atomic E-state index is 12.7. The highest BCUT2D eigenvalue weighted by Crippen LogP contribution is 2.21. The summed E-state index contributed by atoms with van der Waals surface area (Å²) in [6.45, 7) is 1.62. The number of hydrogen-bond donors (Lipinski definition) is 2. The van der Waals surface area contributed by atoms with Gasteiger partial charge >= 0.3 is 5.97 Å². The van der Waals surface area contributed by atoms with Gasteiger partial charge in [0.1, 0.15) is 0 Å². The van der Waals surface area contributed by atoms with Crippen molar-refractivity contribution >= 4 is 11.9 Å². The minimum atomic E-state index is -0.443. The number of aryl methyl sites for hydroxylation is 2. The van der Waals surface area contributed by atoms with Crippen LogP contribution < -0.4 is 10.6 Å². The minimum Gasteiger partial charge on any atom is -0.469 e. The molecule has 6 heteroatoms. The number of nitrogens with one attached hydrogen (secondary N) is 2. The molecule has 0 unspecified atom stereocenters. The fraction of sp³-hybridized carbons (Fsp3) is 0.435. The molecule has 154 valence electrons. The lowest BCUT2D eigenvalue weighted by atomic mass is 9.96. The van der Waals surface area contributed by atoms with E-state index in [2.05, 4.69) is 27.8 Å². The van der Waals surface area contributed by atoms with Crippen molar-refractivity contribution in [1.82, 2.24) is 15.6 Å². The molecule has 2 atom stereocenters. The highest BCUT2D eigenvalue weighted by molar-refractivity contribution is 5.80. The van der Waals surface area contributed by atoms with Gasteiger partial charge in [0.2, 0.25) is 5.91 Å². The van der Waals surface area contributed by atoms with Gasteiger partial charge in [-0.25, -0.2) is 0 Å². The van der Waals surface area contributed by atoms with Crippen LogP contribution in [-0.2, 0) is 27.2 Å². The van der Waals surface area contributed by atoms with Gasteiger partial charge in [0.25, 0.3) is 0 Å².